The summed E-state index contributed by atoms with van der Waals surface area (Å²) in [5, 5.41) is 11.1. The maximum Gasteiger partial charge on any atom is 0.233 e. The summed E-state index contributed by atoms with van der Waals surface area (Å²) >= 11 is 4.24. The maximum absolute atomic E-state index is 12.6. The minimum atomic E-state index is 0.00850. The average Bonchev–Trinajstić information content (AvgIpc) is 3.10. The molecule has 0 spiro atoms. The van der Waals surface area contributed by atoms with Crippen molar-refractivity contribution in [3.8, 4) is 0 Å². The van der Waals surface area contributed by atoms with Gasteiger partial charge in [0.15, 0.2) is 8.68 Å². The van der Waals surface area contributed by atoms with E-state index in [1.165, 1.54) is 34.9 Å². The van der Waals surface area contributed by atoms with Crippen molar-refractivity contribution in [2.24, 2.45) is 0 Å². The van der Waals surface area contributed by atoms with Crippen molar-refractivity contribution in [2.45, 2.75) is 74.6 Å². The van der Waals surface area contributed by atoms with Crippen molar-refractivity contribution in [1.29, 1.82) is 0 Å². The van der Waals surface area contributed by atoms with Gasteiger partial charge in [0.1, 0.15) is 0 Å². The van der Waals surface area contributed by atoms with Gasteiger partial charge < -0.3 is 10.2 Å². The Hall–Kier alpha value is -0.800. The third-order valence-electron chi connectivity index (χ3n) is 4.03. The Morgan fingerprint density at radius 1 is 1.04 bits per heavy atom. The third kappa shape index (κ3) is 7.84. The first kappa shape index (κ1) is 23.2. The lowest BCUT2D eigenvalue weighted by molar-refractivity contribution is -0.132. The molecule has 0 saturated heterocycles. The van der Waals surface area contributed by atoms with Crippen LogP contribution < -0.4 is 5.32 Å². The second kappa shape index (κ2) is 12.6. The van der Waals surface area contributed by atoms with Gasteiger partial charge in [-0.25, -0.2) is 0 Å². The molecule has 0 aliphatic heterocycles. The molecule has 2 unspecified atom stereocenters. The fraction of sp³-hybridized carbons (Fsp3) is 0.765. The van der Waals surface area contributed by atoms with Crippen LogP contribution in [0.5, 0.6) is 0 Å². The predicted molar refractivity (Wildman–Crippen MR) is 111 cm³/mol. The van der Waals surface area contributed by atoms with Crippen LogP contribution in [0.15, 0.2) is 8.68 Å². The number of thioether (sulfide) groups is 2. The van der Waals surface area contributed by atoms with Crippen LogP contribution in [0.25, 0.3) is 0 Å². The highest BCUT2D eigenvalue weighted by Crippen LogP contribution is 2.29. The molecule has 1 heterocycles. The lowest BCUT2D eigenvalue weighted by atomic mass is 10.1. The second-order valence-corrected chi connectivity index (χ2v) is 9.50. The van der Waals surface area contributed by atoms with Gasteiger partial charge in [0, 0.05) is 18.6 Å². The number of rotatable bonds is 12. The maximum atomic E-state index is 12.6. The number of carbonyl (C=O) groups excluding carboxylic acids is 2. The fourth-order valence-corrected chi connectivity index (χ4v) is 4.99. The molecule has 1 aromatic heterocycles. The molecule has 0 aliphatic rings. The molecule has 0 saturated carbocycles. The number of hydrogen-bond acceptors (Lipinski definition) is 7. The van der Waals surface area contributed by atoms with Crippen LogP contribution in [0.3, 0.4) is 0 Å². The van der Waals surface area contributed by atoms with Gasteiger partial charge in [0.05, 0.1) is 11.5 Å². The lowest BCUT2D eigenvalue weighted by Gasteiger charge is -2.33. The van der Waals surface area contributed by atoms with Gasteiger partial charge in [0.25, 0.3) is 0 Å². The molecule has 0 aromatic carbocycles. The van der Waals surface area contributed by atoms with Crippen LogP contribution in [-0.2, 0) is 9.59 Å². The lowest BCUT2D eigenvalue weighted by Crippen LogP contribution is -2.45. The smallest absolute Gasteiger partial charge is 0.233 e. The van der Waals surface area contributed by atoms with Gasteiger partial charge in [0.2, 0.25) is 11.8 Å². The summed E-state index contributed by atoms with van der Waals surface area (Å²) in [6.45, 7) is 11.1. The van der Waals surface area contributed by atoms with E-state index in [9.17, 15) is 9.59 Å². The van der Waals surface area contributed by atoms with Crippen molar-refractivity contribution in [2.75, 3.05) is 18.1 Å². The van der Waals surface area contributed by atoms with Gasteiger partial charge in [-0.1, -0.05) is 55.6 Å². The van der Waals surface area contributed by atoms with Crippen molar-refractivity contribution in [3.05, 3.63) is 0 Å². The minimum absolute atomic E-state index is 0.00850. The molecule has 0 aliphatic carbocycles. The fourth-order valence-electron chi connectivity index (χ4n) is 2.27. The van der Waals surface area contributed by atoms with E-state index < -0.39 is 0 Å². The summed E-state index contributed by atoms with van der Waals surface area (Å²) in [6.07, 6.45) is 2.81. The average molecular weight is 419 g/mol. The van der Waals surface area contributed by atoms with E-state index in [1.54, 1.807) is 0 Å². The molecule has 0 bridgehead atoms. The standard InChI is InChI=1S/C17H30N4O2S3/c1-6-9-18-14(22)10-24-16-19-20-17(26-16)25-11-15(23)21(12(4)7-2)13(5)8-3/h12-13H,6-11H2,1-5H3,(H,18,22). The van der Waals surface area contributed by atoms with Crippen LogP contribution in [0, 0.1) is 0 Å². The monoisotopic (exact) mass is 418 g/mol. The SMILES string of the molecule is CCCNC(=O)CSc1nnc(SCC(=O)N(C(C)CC)C(C)CC)s1. The number of amides is 2. The van der Waals surface area contributed by atoms with Gasteiger partial charge >= 0.3 is 0 Å². The zero-order valence-corrected chi connectivity index (χ0v) is 18.7. The molecule has 1 rings (SSSR count). The third-order valence-corrected chi connectivity index (χ3v) is 7.20. The summed E-state index contributed by atoms with van der Waals surface area (Å²) in [4.78, 5) is 26.3. The molecule has 148 valence electrons. The highest BCUT2D eigenvalue weighted by atomic mass is 32.2. The first-order valence-electron chi connectivity index (χ1n) is 9.09. The zero-order chi connectivity index (χ0) is 19.5. The number of hydrogen-bond donors (Lipinski definition) is 1. The topological polar surface area (TPSA) is 75.2 Å². The Kier molecular flexibility index (Phi) is 11.2. The van der Waals surface area contributed by atoms with E-state index in [0.29, 0.717) is 18.1 Å². The summed E-state index contributed by atoms with van der Waals surface area (Å²) in [7, 11) is 0. The predicted octanol–water partition coefficient (Wildman–Crippen LogP) is 3.67. The van der Waals surface area contributed by atoms with Gasteiger partial charge in [-0.15, -0.1) is 10.2 Å². The quantitative estimate of drug-likeness (QED) is 0.522. The summed E-state index contributed by atoms with van der Waals surface area (Å²) in [6, 6.07) is 0.473. The number of aromatic nitrogens is 2. The zero-order valence-electron chi connectivity index (χ0n) is 16.3. The van der Waals surface area contributed by atoms with Crippen molar-refractivity contribution < 1.29 is 9.59 Å². The van der Waals surface area contributed by atoms with Crippen molar-refractivity contribution in [3.63, 3.8) is 0 Å². The Labute approximate surface area is 169 Å². The van der Waals surface area contributed by atoms with Crippen molar-refractivity contribution >= 4 is 46.7 Å². The van der Waals surface area contributed by atoms with E-state index in [4.69, 9.17) is 0 Å². The molecule has 6 nitrogen and oxygen atoms in total. The summed E-state index contributed by atoms with van der Waals surface area (Å²) in [5.41, 5.74) is 0. The number of nitrogens with one attached hydrogen (secondary N) is 1. The van der Waals surface area contributed by atoms with Gasteiger partial charge in [-0.3, -0.25) is 9.59 Å². The number of nitrogens with zero attached hydrogens (tertiary/aromatic N) is 3. The van der Waals surface area contributed by atoms with E-state index in [2.05, 4.69) is 43.2 Å². The van der Waals surface area contributed by atoms with Crippen molar-refractivity contribution in [1.82, 2.24) is 20.4 Å². The van der Waals surface area contributed by atoms with Gasteiger partial charge in [-0.05, 0) is 33.1 Å². The van der Waals surface area contributed by atoms with E-state index in [0.717, 1.165) is 27.9 Å². The Morgan fingerprint density at radius 3 is 2.08 bits per heavy atom. The van der Waals surface area contributed by atoms with Crippen LogP contribution in [0.1, 0.15) is 53.9 Å². The first-order chi connectivity index (χ1) is 12.4. The second-order valence-electron chi connectivity index (χ2n) is 6.08. The van der Waals surface area contributed by atoms with E-state index >= 15 is 0 Å². The molecule has 0 fully saturated rings. The van der Waals surface area contributed by atoms with Crippen LogP contribution >= 0.6 is 34.9 Å². The Bertz CT molecular complexity index is 558. The largest absolute Gasteiger partial charge is 0.355 e. The molecular weight excluding hydrogens is 388 g/mol. The highest BCUT2D eigenvalue weighted by molar-refractivity contribution is 8.03. The van der Waals surface area contributed by atoms with E-state index in [1.807, 2.05) is 11.8 Å². The summed E-state index contributed by atoms with van der Waals surface area (Å²) < 4.78 is 1.52. The summed E-state index contributed by atoms with van der Waals surface area (Å²) in [5.74, 6) is 0.857. The van der Waals surface area contributed by atoms with Crippen LogP contribution in [0.2, 0.25) is 0 Å². The Morgan fingerprint density at radius 2 is 1.58 bits per heavy atom. The molecule has 9 heteroatoms. The highest BCUT2D eigenvalue weighted by Gasteiger charge is 2.23. The van der Waals surface area contributed by atoms with Gasteiger partial charge in [-0.2, -0.15) is 0 Å². The molecule has 2 atom stereocenters. The normalized spacial score (nSPS) is 13.3. The first-order valence-corrected chi connectivity index (χ1v) is 11.9. The minimum Gasteiger partial charge on any atom is -0.355 e. The molecule has 1 aromatic rings. The van der Waals surface area contributed by atoms with Crippen LogP contribution in [-0.4, -0.2) is 57.0 Å². The van der Waals surface area contributed by atoms with Crippen LogP contribution in [0.4, 0.5) is 0 Å². The molecule has 2 amide bonds. The molecule has 1 N–H and O–H groups in total. The molecular formula is C17H30N4O2S3. The van der Waals surface area contributed by atoms with E-state index in [-0.39, 0.29) is 23.9 Å². The molecule has 26 heavy (non-hydrogen) atoms. The Balaban J connectivity index is 2.50. The number of carbonyl (C=O) groups is 2. The molecule has 0 radical (unpaired) electrons.